The van der Waals surface area contributed by atoms with Gasteiger partial charge in [-0.05, 0) is 18.8 Å². The number of carbonyl (C=O) groups is 1. The SMILES string of the molecule is CCC(CN)C(=O)N1CCC(O)C(C)C1. The first-order valence-electron chi connectivity index (χ1n) is 5.77. The van der Waals surface area contributed by atoms with Gasteiger partial charge in [-0.25, -0.2) is 0 Å². The van der Waals surface area contributed by atoms with Crippen molar-refractivity contribution in [3.8, 4) is 0 Å². The molecule has 1 amide bonds. The van der Waals surface area contributed by atoms with E-state index in [0.717, 1.165) is 6.42 Å². The van der Waals surface area contributed by atoms with Crippen LogP contribution in [0.1, 0.15) is 26.7 Å². The van der Waals surface area contributed by atoms with E-state index in [4.69, 9.17) is 5.73 Å². The number of aliphatic hydroxyl groups is 1. The molecule has 3 N–H and O–H groups in total. The van der Waals surface area contributed by atoms with Gasteiger partial charge >= 0.3 is 0 Å². The molecule has 0 bridgehead atoms. The fourth-order valence-corrected chi connectivity index (χ4v) is 2.03. The van der Waals surface area contributed by atoms with Gasteiger partial charge in [-0.2, -0.15) is 0 Å². The van der Waals surface area contributed by atoms with Crippen molar-refractivity contribution < 1.29 is 9.90 Å². The zero-order chi connectivity index (χ0) is 11.4. The maximum atomic E-state index is 12.0. The van der Waals surface area contributed by atoms with Crippen LogP contribution in [0.5, 0.6) is 0 Å². The van der Waals surface area contributed by atoms with Crippen molar-refractivity contribution in [3.63, 3.8) is 0 Å². The second kappa shape index (κ2) is 5.47. The topological polar surface area (TPSA) is 66.6 Å². The highest BCUT2D eigenvalue weighted by atomic mass is 16.3. The lowest BCUT2D eigenvalue weighted by Crippen LogP contribution is -2.48. The number of carbonyl (C=O) groups excluding carboxylic acids is 1. The number of hydrogen-bond acceptors (Lipinski definition) is 3. The number of aliphatic hydroxyl groups excluding tert-OH is 1. The van der Waals surface area contributed by atoms with Crippen LogP contribution in [0.3, 0.4) is 0 Å². The molecule has 0 radical (unpaired) electrons. The van der Waals surface area contributed by atoms with Gasteiger partial charge in [0.15, 0.2) is 0 Å². The molecule has 3 atom stereocenters. The van der Waals surface area contributed by atoms with Crippen molar-refractivity contribution in [2.75, 3.05) is 19.6 Å². The quantitative estimate of drug-likeness (QED) is 0.705. The number of likely N-dealkylation sites (tertiary alicyclic amines) is 1. The zero-order valence-corrected chi connectivity index (χ0v) is 9.65. The third kappa shape index (κ3) is 2.92. The highest BCUT2D eigenvalue weighted by Crippen LogP contribution is 2.18. The van der Waals surface area contributed by atoms with Crippen molar-refractivity contribution in [1.29, 1.82) is 0 Å². The lowest BCUT2D eigenvalue weighted by atomic mass is 9.95. The van der Waals surface area contributed by atoms with E-state index < -0.39 is 0 Å². The van der Waals surface area contributed by atoms with E-state index in [1.165, 1.54) is 0 Å². The number of rotatable bonds is 3. The molecule has 4 heteroatoms. The number of nitrogens with zero attached hydrogens (tertiary/aromatic N) is 1. The summed E-state index contributed by atoms with van der Waals surface area (Å²) in [6.45, 7) is 5.71. The number of amides is 1. The lowest BCUT2D eigenvalue weighted by molar-refractivity contribution is -0.138. The van der Waals surface area contributed by atoms with Gasteiger partial charge in [0, 0.05) is 19.6 Å². The standard InChI is InChI=1S/C11H22N2O2/c1-3-9(6-12)11(15)13-5-4-10(14)8(2)7-13/h8-10,14H,3-7,12H2,1-2H3. The van der Waals surface area contributed by atoms with Crippen molar-refractivity contribution in [1.82, 2.24) is 4.90 Å². The highest BCUT2D eigenvalue weighted by Gasteiger charge is 2.29. The molecular weight excluding hydrogens is 192 g/mol. The van der Waals surface area contributed by atoms with Crippen molar-refractivity contribution in [2.45, 2.75) is 32.8 Å². The fraction of sp³-hybridized carbons (Fsp3) is 0.909. The summed E-state index contributed by atoms with van der Waals surface area (Å²) in [6, 6.07) is 0. The first-order chi connectivity index (χ1) is 7.10. The molecule has 1 aliphatic rings. The Morgan fingerprint density at radius 3 is 2.80 bits per heavy atom. The minimum absolute atomic E-state index is 0.0487. The van der Waals surface area contributed by atoms with Crippen LogP contribution in [-0.2, 0) is 4.79 Å². The Hall–Kier alpha value is -0.610. The summed E-state index contributed by atoms with van der Waals surface area (Å²) in [7, 11) is 0. The molecule has 4 nitrogen and oxygen atoms in total. The molecule has 88 valence electrons. The van der Waals surface area contributed by atoms with Gasteiger partial charge in [0.2, 0.25) is 5.91 Å². The second-order valence-corrected chi connectivity index (χ2v) is 4.46. The number of piperidine rings is 1. The van der Waals surface area contributed by atoms with Crippen LogP contribution in [0.15, 0.2) is 0 Å². The van der Waals surface area contributed by atoms with Gasteiger partial charge in [0.25, 0.3) is 0 Å². The van der Waals surface area contributed by atoms with E-state index in [0.29, 0.717) is 26.1 Å². The predicted molar refractivity (Wildman–Crippen MR) is 59.2 cm³/mol. The lowest BCUT2D eigenvalue weighted by Gasteiger charge is -2.36. The predicted octanol–water partition coefficient (Wildman–Crippen LogP) is 0.201. The van der Waals surface area contributed by atoms with Crippen LogP contribution in [0.4, 0.5) is 0 Å². The molecule has 0 aromatic rings. The Bertz CT molecular complexity index is 217. The van der Waals surface area contributed by atoms with Crippen molar-refractivity contribution in [3.05, 3.63) is 0 Å². The van der Waals surface area contributed by atoms with Crippen molar-refractivity contribution in [2.24, 2.45) is 17.6 Å². The monoisotopic (exact) mass is 214 g/mol. The molecule has 0 aromatic carbocycles. The maximum Gasteiger partial charge on any atom is 0.226 e. The highest BCUT2D eigenvalue weighted by molar-refractivity contribution is 5.79. The summed E-state index contributed by atoms with van der Waals surface area (Å²) in [5.41, 5.74) is 5.56. The number of nitrogens with two attached hydrogens (primary N) is 1. The molecule has 15 heavy (non-hydrogen) atoms. The van der Waals surface area contributed by atoms with Crippen LogP contribution in [-0.4, -0.2) is 41.7 Å². The van der Waals surface area contributed by atoms with Gasteiger partial charge < -0.3 is 15.7 Å². The van der Waals surface area contributed by atoms with E-state index in [2.05, 4.69) is 0 Å². The van der Waals surface area contributed by atoms with Crippen LogP contribution in [0, 0.1) is 11.8 Å². The summed E-state index contributed by atoms with van der Waals surface area (Å²) < 4.78 is 0. The van der Waals surface area contributed by atoms with Crippen LogP contribution in [0.2, 0.25) is 0 Å². The van der Waals surface area contributed by atoms with E-state index >= 15 is 0 Å². The largest absolute Gasteiger partial charge is 0.393 e. The summed E-state index contributed by atoms with van der Waals surface area (Å²) in [5, 5.41) is 9.57. The average molecular weight is 214 g/mol. The second-order valence-electron chi connectivity index (χ2n) is 4.46. The first-order valence-corrected chi connectivity index (χ1v) is 5.77. The van der Waals surface area contributed by atoms with Gasteiger partial charge in [0.1, 0.15) is 0 Å². The van der Waals surface area contributed by atoms with E-state index in [1.54, 1.807) is 0 Å². The number of hydrogen-bond donors (Lipinski definition) is 2. The minimum atomic E-state index is -0.257. The van der Waals surface area contributed by atoms with E-state index in [1.807, 2.05) is 18.7 Å². The van der Waals surface area contributed by atoms with Gasteiger partial charge in [-0.3, -0.25) is 4.79 Å². The van der Waals surface area contributed by atoms with Crippen LogP contribution >= 0.6 is 0 Å². The van der Waals surface area contributed by atoms with Crippen LogP contribution in [0.25, 0.3) is 0 Å². The smallest absolute Gasteiger partial charge is 0.226 e. The average Bonchev–Trinajstić information content (AvgIpc) is 2.23. The molecular formula is C11H22N2O2. The molecule has 0 saturated carbocycles. The molecule has 0 aromatic heterocycles. The fourth-order valence-electron chi connectivity index (χ4n) is 2.03. The molecule has 1 fully saturated rings. The summed E-state index contributed by atoms with van der Waals surface area (Å²) >= 11 is 0. The van der Waals surface area contributed by atoms with E-state index in [9.17, 15) is 9.90 Å². The Labute approximate surface area is 91.4 Å². The van der Waals surface area contributed by atoms with Crippen molar-refractivity contribution >= 4 is 5.91 Å². The summed E-state index contributed by atoms with van der Waals surface area (Å²) in [6.07, 6.45) is 1.23. The minimum Gasteiger partial charge on any atom is -0.393 e. The zero-order valence-electron chi connectivity index (χ0n) is 9.65. The Balaban J connectivity index is 2.53. The Morgan fingerprint density at radius 2 is 2.33 bits per heavy atom. The summed E-state index contributed by atoms with van der Waals surface area (Å²) in [4.78, 5) is 13.8. The third-order valence-corrected chi connectivity index (χ3v) is 3.30. The molecule has 3 unspecified atom stereocenters. The molecule has 1 rings (SSSR count). The summed E-state index contributed by atoms with van der Waals surface area (Å²) in [5.74, 6) is 0.282. The van der Waals surface area contributed by atoms with Gasteiger partial charge in [-0.15, -0.1) is 0 Å². The van der Waals surface area contributed by atoms with E-state index in [-0.39, 0.29) is 23.8 Å². The molecule has 0 aliphatic carbocycles. The normalized spacial score (nSPS) is 28.9. The first kappa shape index (κ1) is 12.5. The van der Waals surface area contributed by atoms with Crippen LogP contribution < -0.4 is 5.73 Å². The van der Waals surface area contributed by atoms with Gasteiger partial charge in [0.05, 0.1) is 12.0 Å². The van der Waals surface area contributed by atoms with Gasteiger partial charge in [-0.1, -0.05) is 13.8 Å². The Morgan fingerprint density at radius 1 is 1.67 bits per heavy atom. The molecule has 1 aliphatic heterocycles. The maximum absolute atomic E-state index is 12.0. The molecule has 1 heterocycles. The Kier molecular flexibility index (Phi) is 4.54. The molecule has 1 saturated heterocycles. The molecule has 0 spiro atoms. The third-order valence-electron chi connectivity index (χ3n) is 3.30.